The summed E-state index contributed by atoms with van der Waals surface area (Å²) in [5, 5.41) is 0.192. The van der Waals surface area contributed by atoms with E-state index in [1.807, 2.05) is 0 Å². The molecule has 0 radical (unpaired) electrons. The maximum atomic E-state index is 6.54. The molecule has 0 aliphatic carbocycles. The molecule has 0 bridgehead atoms. The monoisotopic (exact) mass is 280 g/mol. The molecular formula is C18H29Cl. The molecule has 0 aliphatic heterocycles. The number of hydrogen-bond donors (Lipinski definition) is 0. The van der Waals surface area contributed by atoms with Crippen LogP contribution < -0.4 is 0 Å². The second kappa shape index (κ2) is 9.42. The number of halogens is 1. The summed E-state index contributed by atoms with van der Waals surface area (Å²) in [5.74, 6) is 0. The summed E-state index contributed by atoms with van der Waals surface area (Å²) in [6.45, 7) is 6.71. The van der Waals surface area contributed by atoms with Crippen LogP contribution in [-0.2, 0) is 12.8 Å². The van der Waals surface area contributed by atoms with Gasteiger partial charge in [0.25, 0.3) is 0 Å². The van der Waals surface area contributed by atoms with E-state index < -0.39 is 0 Å². The summed E-state index contributed by atoms with van der Waals surface area (Å²) >= 11 is 6.54. The molecule has 0 amide bonds. The van der Waals surface area contributed by atoms with E-state index in [0.29, 0.717) is 0 Å². The van der Waals surface area contributed by atoms with Crippen LogP contribution in [0, 0.1) is 0 Å². The highest BCUT2D eigenvalue weighted by Gasteiger charge is 2.09. The zero-order valence-electron chi connectivity index (χ0n) is 12.8. The summed E-state index contributed by atoms with van der Waals surface area (Å²) in [7, 11) is 0. The zero-order chi connectivity index (χ0) is 14.1. The zero-order valence-corrected chi connectivity index (χ0v) is 13.6. The van der Waals surface area contributed by atoms with Crippen LogP contribution >= 0.6 is 11.6 Å². The molecule has 0 spiro atoms. The van der Waals surface area contributed by atoms with Gasteiger partial charge in [-0.2, -0.15) is 0 Å². The third-order valence-electron chi connectivity index (χ3n) is 3.91. The summed E-state index contributed by atoms with van der Waals surface area (Å²) in [5.41, 5.74) is 4.25. The summed E-state index contributed by atoms with van der Waals surface area (Å²) in [4.78, 5) is 0. The SMILES string of the molecule is CCCCCCCC(Cl)c1ccc(CC)c(CC)c1. The maximum absolute atomic E-state index is 6.54. The third kappa shape index (κ3) is 5.57. The Kier molecular flexibility index (Phi) is 8.21. The van der Waals surface area contributed by atoms with Crippen molar-refractivity contribution in [1.82, 2.24) is 0 Å². The molecule has 1 heteroatoms. The molecule has 1 aromatic carbocycles. The van der Waals surface area contributed by atoms with Gasteiger partial charge in [0.05, 0.1) is 5.38 Å². The van der Waals surface area contributed by atoms with E-state index in [2.05, 4.69) is 39.0 Å². The average Bonchev–Trinajstić information content (AvgIpc) is 2.46. The number of hydrogen-bond acceptors (Lipinski definition) is 0. The Balaban J connectivity index is 2.49. The van der Waals surface area contributed by atoms with Crippen molar-refractivity contribution in [3.63, 3.8) is 0 Å². The van der Waals surface area contributed by atoms with Crippen molar-refractivity contribution < 1.29 is 0 Å². The van der Waals surface area contributed by atoms with Crippen molar-refractivity contribution in [1.29, 1.82) is 0 Å². The molecule has 0 saturated heterocycles. The number of unbranched alkanes of at least 4 members (excludes halogenated alkanes) is 4. The predicted molar refractivity (Wildman–Crippen MR) is 87.2 cm³/mol. The molecule has 0 nitrogen and oxygen atoms in total. The lowest BCUT2D eigenvalue weighted by atomic mass is 9.97. The second-order valence-corrected chi connectivity index (χ2v) is 5.93. The highest BCUT2D eigenvalue weighted by Crippen LogP contribution is 2.28. The van der Waals surface area contributed by atoms with Crippen molar-refractivity contribution in [3.05, 3.63) is 34.9 Å². The number of alkyl halides is 1. The Morgan fingerprint density at radius 1 is 0.895 bits per heavy atom. The van der Waals surface area contributed by atoms with Gasteiger partial charge in [-0.25, -0.2) is 0 Å². The molecule has 1 atom stereocenters. The van der Waals surface area contributed by atoms with Crippen LogP contribution in [0.15, 0.2) is 18.2 Å². The van der Waals surface area contributed by atoms with Crippen molar-refractivity contribution in [2.45, 2.75) is 77.5 Å². The smallest absolute Gasteiger partial charge is 0.0585 e. The lowest BCUT2D eigenvalue weighted by molar-refractivity contribution is 0.601. The van der Waals surface area contributed by atoms with Gasteiger partial charge in [-0.05, 0) is 36.0 Å². The van der Waals surface area contributed by atoms with E-state index in [9.17, 15) is 0 Å². The fraction of sp³-hybridized carbons (Fsp3) is 0.667. The first kappa shape index (κ1) is 16.6. The molecule has 108 valence electrons. The van der Waals surface area contributed by atoms with Gasteiger partial charge in [0, 0.05) is 0 Å². The number of aryl methyl sites for hydroxylation is 2. The van der Waals surface area contributed by atoms with Crippen molar-refractivity contribution in [2.75, 3.05) is 0 Å². The molecule has 1 unspecified atom stereocenters. The van der Waals surface area contributed by atoms with Gasteiger partial charge < -0.3 is 0 Å². The Morgan fingerprint density at radius 3 is 2.21 bits per heavy atom. The fourth-order valence-electron chi connectivity index (χ4n) is 2.61. The fourth-order valence-corrected chi connectivity index (χ4v) is 2.90. The van der Waals surface area contributed by atoms with E-state index in [1.54, 1.807) is 0 Å². The molecule has 0 aromatic heterocycles. The molecule has 0 fully saturated rings. The summed E-state index contributed by atoms with van der Waals surface area (Å²) in [6, 6.07) is 6.81. The first-order valence-corrected chi connectivity index (χ1v) is 8.42. The quantitative estimate of drug-likeness (QED) is 0.360. The summed E-state index contributed by atoms with van der Waals surface area (Å²) in [6.07, 6.45) is 9.94. The number of benzene rings is 1. The van der Waals surface area contributed by atoms with Gasteiger partial charge in [0.2, 0.25) is 0 Å². The average molecular weight is 281 g/mol. The van der Waals surface area contributed by atoms with Gasteiger partial charge >= 0.3 is 0 Å². The molecule has 0 aliphatic rings. The summed E-state index contributed by atoms with van der Waals surface area (Å²) < 4.78 is 0. The Hall–Kier alpha value is -0.490. The molecule has 0 N–H and O–H groups in total. The normalized spacial score (nSPS) is 12.6. The van der Waals surface area contributed by atoms with Crippen LogP contribution in [0.3, 0.4) is 0 Å². The number of rotatable bonds is 9. The first-order chi connectivity index (χ1) is 9.22. The molecule has 19 heavy (non-hydrogen) atoms. The van der Waals surface area contributed by atoms with Gasteiger partial charge in [-0.1, -0.05) is 71.1 Å². The van der Waals surface area contributed by atoms with Crippen LogP contribution in [-0.4, -0.2) is 0 Å². The molecular weight excluding hydrogens is 252 g/mol. The highest BCUT2D eigenvalue weighted by molar-refractivity contribution is 6.20. The molecule has 1 aromatic rings. The van der Waals surface area contributed by atoms with Crippen molar-refractivity contribution in [2.24, 2.45) is 0 Å². The van der Waals surface area contributed by atoms with Crippen molar-refractivity contribution in [3.8, 4) is 0 Å². The lowest BCUT2D eigenvalue weighted by Gasteiger charge is -2.13. The second-order valence-electron chi connectivity index (χ2n) is 5.41. The van der Waals surface area contributed by atoms with Crippen LogP contribution in [0.2, 0.25) is 0 Å². The minimum absolute atomic E-state index is 0.192. The predicted octanol–water partition coefficient (Wildman–Crippen LogP) is 6.45. The largest absolute Gasteiger partial charge is 0.118 e. The van der Waals surface area contributed by atoms with Crippen LogP contribution in [0.1, 0.15) is 81.4 Å². The molecule has 0 heterocycles. The van der Waals surface area contributed by atoms with Gasteiger partial charge in [0.15, 0.2) is 0 Å². The van der Waals surface area contributed by atoms with Crippen LogP contribution in [0.5, 0.6) is 0 Å². The maximum Gasteiger partial charge on any atom is 0.0585 e. The van der Waals surface area contributed by atoms with E-state index in [0.717, 1.165) is 19.3 Å². The Labute approximate surface area is 124 Å². The van der Waals surface area contributed by atoms with Gasteiger partial charge in [-0.3, -0.25) is 0 Å². The Morgan fingerprint density at radius 2 is 1.58 bits per heavy atom. The minimum Gasteiger partial charge on any atom is -0.118 e. The molecule has 1 rings (SSSR count). The van der Waals surface area contributed by atoms with E-state index in [4.69, 9.17) is 11.6 Å². The van der Waals surface area contributed by atoms with E-state index in [-0.39, 0.29) is 5.38 Å². The topological polar surface area (TPSA) is 0 Å². The van der Waals surface area contributed by atoms with Crippen LogP contribution in [0.25, 0.3) is 0 Å². The minimum atomic E-state index is 0.192. The third-order valence-corrected chi connectivity index (χ3v) is 4.39. The van der Waals surface area contributed by atoms with Gasteiger partial charge in [0.1, 0.15) is 0 Å². The van der Waals surface area contributed by atoms with Crippen LogP contribution in [0.4, 0.5) is 0 Å². The Bertz CT molecular complexity index is 357. The molecule has 0 saturated carbocycles. The van der Waals surface area contributed by atoms with Crippen molar-refractivity contribution >= 4 is 11.6 Å². The first-order valence-electron chi connectivity index (χ1n) is 7.98. The van der Waals surface area contributed by atoms with Gasteiger partial charge in [-0.15, -0.1) is 11.6 Å². The highest BCUT2D eigenvalue weighted by atomic mass is 35.5. The van der Waals surface area contributed by atoms with E-state index >= 15 is 0 Å². The lowest BCUT2D eigenvalue weighted by Crippen LogP contribution is -1.97. The van der Waals surface area contributed by atoms with E-state index in [1.165, 1.54) is 48.8 Å². The standard InChI is InChI=1S/C18H29Cl/c1-4-7-8-9-10-11-18(19)17-13-12-15(5-2)16(6-3)14-17/h12-14,18H,4-11H2,1-3H3.